The van der Waals surface area contributed by atoms with E-state index in [1.54, 1.807) is 7.11 Å². The molecule has 0 radical (unpaired) electrons. The van der Waals surface area contributed by atoms with Gasteiger partial charge in [0.1, 0.15) is 5.75 Å². The molecule has 0 aromatic heterocycles. The Morgan fingerprint density at radius 3 is 2.52 bits per heavy atom. The molecule has 0 saturated carbocycles. The van der Waals surface area contributed by atoms with Gasteiger partial charge in [0.05, 0.1) is 12.7 Å². The lowest BCUT2D eigenvalue weighted by Gasteiger charge is -2.44. The molecule has 2 aliphatic heterocycles. The summed E-state index contributed by atoms with van der Waals surface area (Å²) in [6.45, 7) is 0. The van der Waals surface area contributed by atoms with Gasteiger partial charge in [-0.2, -0.15) is 0 Å². The highest BCUT2D eigenvalue weighted by Crippen LogP contribution is 2.48. The molecule has 1 N–H and O–H groups in total. The molecule has 2 aromatic rings. The first-order valence-electron chi connectivity index (χ1n) is 8.30. The number of fused-ring (bicyclic) bond motifs is 3. The minimum atomic E-state index is -0.949. The highest BCUT2D eigenvalue weighted by molar-refractivity contribution is 7.86. The van der Waals surface area contributed by atoms with Crippen molar-refractivity contribution in [1.82, 2.24) is 0 Å². The lowest BCUT2D eigenvalue weighted by molar-refractivity contribution is 0.00599. The standard InChI is InChI=1S/C19H22O3S/c1-22-17-10-9-13-5-2-3-8-16(13)18(17)19(20)11-14-6-4-7-15(12-19)23(14)21/h2-3,5,8-10,14-15,20H,4,6-7,11-12H2,1H3. The molecule has 0 spiro atoms. The van der Waals surface area contributed by atoms with Crippen LogP contribution in [-0.2, 0) is 16.4 Å². The minimum absolute atomic E-state index is 0.108. The van der Waals surface area contributed by atoms with E-state index < -0.39 is 16.4 Å². The van der Waals surface area contributed by atoms with Crippen molar-refractivity contribution in [2.45, 2.75) is 48.2 Å². The molecule has 4 heteroatoms. The summed E-state index contributed by atoms with van der Waals surface area (Å²) in [6.07, 6.45) is 4.18. The quantitative estimate of drug-likeness (QED) is 0.917. The fraction of sp³-hybridized carbons (Fsp3) is 0.474. The van der Waals surface area contributed by atoms with Crippen LogP contribution >= 0.6 is 0 Å². The van der Waals surface area contributed by atoms with Gasteiger partial charge in [0.15, 0.2) is 0 Å². The van der Waals surface area contributed by atoms with Gasteiger partial charge < -0.3 is 9.84 Å². The first-order valence-corrected chi connectivity index (χ1v) is 9.58. The molecule has 2 fully saturated rings. The fourth-order valence-corrected chi connectivity index (χ4v) is 6.61. The van der Waals surface area contributed by atoms with Crippen LogP contribution in [0.3, 0.4) is 0 Å². The summed E-state index contributed by atoms with van der Waals surface area (Å²) in [4.78, 5) is 0. The van der Waals surface area contributed by atoms with Gasteiger partial charge in [0, 0.05) is 26.9 Å². The van der Waals surface area contributed by atoms with Crippen LogP contribution in [0.4, 0.5) is 0 Å². The maximum Gasteiger partial charge on any atom is 0.125 e. The van der Waals surface area contributed by atoms with Crippen molar-refractivity contribution < 1.29 is 14.1 Å². The summed E-state index contributed by atoms with van der Waals surface area (Å²) in [5.74, 6) is 0.733. The van der Waals surface area contributed by atoms with E-state index in [2.05, 4.69) is 6.07 Å². The number of benzene rings is 2. The first kappa shape index (κ1) is 15.2. The molecule has 2 aromatic carbocycles. The minimum Gasteiger partial charge on any atom is -0.496 e. The van der Waals surface area contributed by atoms with E-state index in [9.17, 15) is 9.32 Å². The first-order chi connectivity index (χ1) is 11.1. The third-order valence-corrected chi connectivity index (χ3v) is 7.53. The van der Waals surface area contributed by atoms with Crippen LogP contribution in [0.5, 0.6) is 5.75 Å². The van der Waals surface area contributed by atoms with E-state index >= 15 is 0 Å². The zero-order valence-corrected chi connectivity index (χ0v) is 14.1. The lowest BCUT2D eigenvalue weighted by atomic mass is 9.78. The Hall–Kier alpha value is -1.39. The molecule has 2 heterocycles. The topological polar surface area (TPSA) is 46.5 Å². The zero-order valence-electron chi connectivity index (χ0n) is 13.3. The Morgan fingerprint density at radius 1 is 1.13 bits per heavy atom. The predicted octanol–water partition coefficient (Wildman–Crippen LogP) is 3.50. The van der Waals surface area contributed by atoms with Gasteiger partial charge >= 0.3 is 0 Å². The van der Waals surface area contributed by atoms with E-state index in [0.29, 0.717) is 12.8 Å². The number of rotatable bonds is 2. The van der Waals surface area contributed by atoms with Crippen LogP contribution in [-0.4, -0.2) is 26.9 Å². The Balaban J connectivity index is 1.89. The fourth-order valence-electron chi connectivity index (χ4n) is 4.39. The van der Waals surface area contributed by atoms with E-state index in [4.69, 9.17) is 4.74 Å². The number of methoxy groups -OCH3 is 1. The van der Waals surface area contributed by atoms with Crippen LogP contribution in [0.2, 0.25) is 0 Å². The Bertz CT molecular complexity index is 754. The lowest BCUT2D eigenvalue weighted by Crippen LogP contribution is -2.47. The molecule has 2 unspecified atom stereocenters. The molecule has 4 rings (SSSR count). The molecule has 122 valence electrons. The van der Waals surface area contributed by atoms with Crippen LogP contribution in [0, 0.1) is 0 Å². The molecule has 2 saturated heterocycles. The summed E-state index contributed by atoms with van der Waals surface area (Å²) >= 11 is 0. The molecule has 2 atom stereocenters. The van der Waals surface area contributed by atoms with Gasteiger partial charge in [-0.15, -0.1) is 0 Å². The smallest absolute Gasteiger partial charge is 0.125 e. The summed E-state index contributed by atoms with van der Waals surface area (Å²) in [6, 6.07) is 12.1. The van der Waals surface area contributed by atoms with Crippen molar-refractivity contribution in [3.05, 3.63) is 42.0 Å². The van der Waals surface area contributed by atoms with Crippen molar-refractivity contribution in [3.63, 3.8) is 0 Å². The Morgan fingerprint density at radius 2 is 1.83 bits per heavy atom. The largest absolute Gasteiger partial charge is 0.496 e. The molecule has 23 heavy (non-hydrogen) atoms. The van der Waals surface area contributed by atoms with Gasteiger partial charge in [-0.3, -0.25) is 4.21 Å². The maximum atomic E-state index is 12.5. The SMILES string of the molecule is COc1ccc2ccccc2c1C1(O)CC2CCCC(C1)S2=O. The average Bonchev–Trinajstić information content (AvgIpc) is 2.55. The van der Waals surface area contributed by atoms with Gasteiger partial charge in [0.25, 0.3) is 0 Å². The van der Waals surface area contributed by atoms with E-state index in [0.717, 1.165) is 41.3 Å². The van der Waals surface area contributed by atoms with Crippen molar-refractivity contribution in [2.24, 2.45) is 0 Å². The second kappa shape index (κ2) is 5.60. The van der Waals surface area contributed by atoms with E-state index in [1.165, 1.54) is 0 Å². The van der Waals surface area contributed by atoms with Crippen molar-refractivity contribution in [2.75, 3.05) is 7.11 Å². The molecule has 0 amide bonds. The third kappa shape index (κ3) is 2.39. The van der Waals surface area contributed by atoms with Gasteiger partial charge in [0.2, 0.25) is 0 Å². The van der Waals surface area contributed by atoms with Gasteiger partial charge in [-0.25, -0.2) is 0 Å². The third-order valence-electron chi connectivity index (χ3n) is 5.42. The number of aliphatic hydroxyl groups is 1. The monoisotopic (exact) mass is 330 g/mol. The van der Waals surface area contributed by atoms with Crippen molar-refractivity contribution in [1.29, 1.82) is 0 Å². The summed E-state index contributed by atoms with van der Waals surface area (Å²) < 4.78 is 18.1. The molecular weight excluding hydrogens is 308 g/mol. The number of ether oxygens (including phenoxy) is 1. The second-order valence-electron chi connectivity index (χ2n) is 6.81. The van der Waals surface area contributed by atoms with Crippen LogP contribution in [0.15, 0.2) is 36.4 Å². The molecule has 0 aliphatic carbocycles. The Kier molecular flexibility index (Phi) is 3.69. The normalized spacial score (nSPS) is 33.6. The highest BCUT2D eigenvalue weighted by Gasteiger charge is 2.48. The molecule has 2 aliphatic rings. The highest BCUT2D eigenvalue weighted by atomic mass is 32.2. The van der Waals surface area contributed by atoms with E-state index in [-0.39, 0.29) is 10.5 Å². The second-order valence-corrected chi connectivity index (χ2v) is 8.80. The average molecular weight is 330 g/mol. The van der Waals surface area contributed by atoms with Crippen LogP contribution in [0.25, 0.3) is 10.8 Å². The van der Waals surface area contributed by atoms with Crippen LogP contribution < -0.4 is 4.74 Å². The Labute approximate surface area is 139 Å². The molecule has 2 bridgehead atoms. The molecule has 3 nitrogen and oxygen atoms in total. The van der Waals surface area contributed by atoms with Crippen molar-refractivity contribution in [3.8, 4) is 5.75 Å². The summed E-state index contributed by atoms with van der Waals surface area (Å²) in [5, 5.41) is 13.9. The summed E-state index contributed by atoms with van der Waals surface area (Å²) in [7, 11) is 0.852. The number of hydrogen-bond acceptors (Lipinski definition) is 3. The maximum absolute atomic E-state index is 12.5. The number of hydrogen-bond donors (Lipinski definition) is 1. The van der Waals surface area contributed by atoms with Crippen molar-refractivity contribution >= 4 is 21.6 Å². The van der Waals surface area contributed by atoms with Gasteiger partial charge in [-0.1, -0.05) is 36.8 Å². The molecular formula is C19H22O3S. The van der Waals surface area contributed by atoms with Crippen LogP contribution in [0.1, 0.15) is 37.7 Å². The predicted molar refractivity (Wildman–Crippen MR) is 93.2 cm³/mol. The van der Waals surface area contributed by atoms with Gasteiger partial charge in [-0.05, 0) is 42.5 Å². The zero-order chi connectivity index (χ0) is 16.0. The van der Waals surface area contributed by atoms with E-state index in [1.807, 2.05) is 30.3 Å². The summed E-state index contributed by atoms with van der Waals surface area (Å²) in [5.41, 5.74) is -0.0673.